The monoisotopic (exact) mass is 436 g/mol. The van der Waals surface area contributed by atoms with Crippen LogP contribution in [0.1, 0.15) is 28.9 Å². The summed E-state index contributed by atoms with van der Waals surface area (Å²) < 4.78 is 25.6. The van der Waals surface area contributed by atoms with Crippen LogP contribution in [0.2, 0.25) is 0 Å². The summed E-state index contributed by atoms with van der Waals surface area (Å²) >= 11 is 0. The number of oxazole rings is 1. The van der Waals surface area contributed by atoms with Crippen LogP contribution >= 0.6 is 0 Å². The fourth-order valence-corrected chi connectivity index (χ4v) is 3.02. The van der Waals surface area contributed by atoms with Gasteiger partial charge in [-0.2, -0.15) is 0 Å². The lowest BCUT2D eigenvalue weighted by atomic mass is 10.2. The summed E-state index contributed by atoms with van der Waals surface area (Å²) in [7, 11) is 0. The standard InChI is InChI=1S/C22H21FN6O3/c1-3-31-17-10-4-14(5-11-17)22-26-18(13(2)32-22)12-29-20(24)19(27-28-29)21(30)25-16-8-6-15(23)7-9-16/h4-11H,3,12,24H2,1-2H3,(H,25,30). The second kappa shape index (κ2) is 8.88. The molecule has 32 heavy (non-hydrogen) atoms. The van der Waals surface area contributed by atoms with Crippen LogP contribution in [0.5, 0.6) is 5.75 Å². The average molecular weight is 436 g/mol. The molecular weight excluding hydrogens is 415 g/mol. The number of hydrogen-bond donors (Lipinski definition) is 2. The highest BCUT2D eigenvalue weighted by molar-refractivity contribution is 6.05. The predicted octanol–water partition coefficient (Wildman–Crippen LogP) is 3.66. The number of carbonyl (C=O) groups excluding carboxylic acids is 1. The third-order valence-electron chi connectivity index (χ3n) is 4.70. The molecule has 2 aromatic heterocycles. The first kappa shape index (κ1) is 21.0. The van der Waals surface area contributed by atoms with E-state index in [4.69, 9.17) is 14.9 Å². The van der Waals surface area contributed by atoms with Crippen molar-refractivity contribution >= 4 is 17.4 Å². The van der Waals surface area contributed by atoms with Crippen molar-refractivity contribution in [3.63, 3.8) is 0 Å². The van der Waals surface area contributed by atoms with Crippen molar-refractivity contribution in [3.8, 4) is 17.2 Å². The highest BCUT2D eigenvalue weighted by atomic mass is 19.1. The Morgan fingerprint density at radius 1 is 1.19 bits per heavy atom. The second-order valence-corrected chi connectivity index (χ2v) is 6.92. The lowest BCUT2D eigenvalue weighted by Gasteiger charge is -2.04. The number of carbonyl (C=O) groups is 1. The molecule has 0 spiro atoms. The molecule has 2 heterocycles. The van der Waals surface area contributed by atoms with Gasteiger partial charge in [-0.15, -0.1) is 5.10 Å². The highest BCUT2D eigenvalue weighted by Gasteiger charge is 2.20. The zero-order chi connectivity index (χ0) is 22.7. The van der Waals surface area contributed by atoms with Crippen molar-refractivity contribution in [2.75, 3.05) is 17.7 Å². The van der Waals surface area contributed by atoms with Gasteiger partial charge in [0, 0.05) is 11.3 Å². The minimum absolute atomic E-state index is 0.0396. The molecule has 4 aromatic rings. The molecule has 0 aliphatic heterocycles. The topological polar surface area (TPSA) is 121 Å². The van der Waals surface area contributed by atoms with Crippen LogP contribution in [0.25, 0.3) is 11.5 Å². The summed E-state index contributed by atoms with van der Waals surface area (Å²) in [5, 5.41) is 10.5. The number of nitrogens with one attached hydrogen (secondary N) is 1. The maximum absolute atomic E-state index is 13.0. The van der Waals surface area contributed by atoms with Crippen molar-refractivity contribution in [1.29, 1.82) is 0 Å². The van der Waals surface area contributed by atoms with Crippen molar-refractivity contribution < 1.29 is 18.3 Å². The smallest absolute Gasteiger partial charge is 0.280 e. The van der Waals surface area contributed by atoms with Crippen molar-refractivity contribution in [2.45, 2.75) is 20.4 Å². The Labute approximate surface area is 183 Å². The van der Waals surface area contributed by atoms with E-state index < -0.39 is 11.7 Å². The van der Waals surface area contributed by atoms with Crippen molar-refractivity contribution in [1.82, 2.24) is 20.0 Å². The lowest BCUT2D eigenvalue weighted by molar-refractivity contribution is 0.102. The van der Waals surface area contributed by atoms with Crippen LogP contribution < -0.4 is 15.8 Å². The molecule has 0 atom stereocenters. The number of aryl methyl sites for hydroxylation is 1. The minimum Gasteiger partial charge on any atom is -0.494 e. The second-order valence-electron chi connectivity index (χ2n) is 6.92. The molecule has 2 aromatic carbocycles. The minimum atomic E-state index is -0.549. The molecule has 0 aliphatic carbocycles. The Balaban J connectivity index is 1.49. The normalized spacial score (nSPS) is 10.8. The maximum atomic E-state index is 13.0. The number of nitrogen functional groups attached to an aromatic ring is 1. The molecule has 3 N–H and O–H groups in total. The van der Waals surface area contributed by atoms with Crippen molar-refractivity contribution in [3.05, 3.63) is 71.5 Å². The molecule has 0 saturated carbocycles. The molecule has 0 radical (unpaired) electrons. The van der Waals surface area contributed by atoms with E-state index in [1.54, 1.807) is 6.92 Å². The van der Waals surface area contributed by atoms with Gasteiger partial charge in [0.1, 0.15) is 23.0 Å². The van der Waals surface area contributed by atoms with E-state index in [0.29, 0.717) is 29.6 Å². The van der Waals surface area contributed by atoms with Gasteiger partial charge in [0.2, 0.25) is 5.89 Å². The van der Waals surface area contributed by atoms with Crippen LogP contribution in [0, 0.1) is 12.7 Å². The quantitative estimate of drug-likeness (QED) is 0.453. The molecule has 0 fully saturated rings. The highest BCUT2D eigenvalue weighted by Crippen LogP contribution is 2.25. The van der Waals surface area contributed by atoms with Crippen LogP contribution in [-0.4, -0.2) is 32.5 Å². The van der Waals surface area contributed by atoms with E-state index in [1.165, 1.54) is 28.9 Å². The molecule has 4 rings (SSSR count). The summed E-state index contributed by atoms with van der Waals surface area (Å²) in [5.74, 6) is 0.944. The molecule has 0 unspecified atom stereocenters. The van der Waals surface area contributed by atoms with E-state index in [-0.39, 0.29) is 18.1 Å². The number of halogens is 1. The van der Waals surface area contributed by atoms with Gasteiger partial charge in [0.15, 0.2) is 11.5 Å². The number of nitrogens with zero attached hydrogens (tertiary/aromatic N) is 4. The Morgan fingerprint density at radius 2 is 1.91 bits per heavy atom. The van der Waals surface area contributed by atoms with E-state index in [9.17, 15) is 9.18 Å². The van der Waals surface area contributed by atoms with E-state index >= 15 is 0 Å². The number of aromatic nitrogens is 4. The largest absolute Gasteiger partial charge is 0.494 e. The lowest BCUT2D eigenvalue weighted by Crippen LogP contribution is -2.15. The van der Waals surface area contributed by atoms with Gasteiger partial charge in [-0.1, -0.05) is 5.21 Å². The predicted molar refractivity (Wildman–Crippen MR) is 116 cm³/mol. The first-order chi connectivity index (χ1) is 15.4. The molecule has 10 heteroatoms. The summed E-state index contributed by atoms with van der Waals surface area (Å²) in [6.07, 6.45) is 0. The van der Waals surface area contributed by atoms with Crippen LogP contribution in [0.15, 0.2) is 52.9 Å². The third-order valence-corrected chi connectivity index (χ3v) is 4.70. The number of hydrogen-bond acceptors (Lipinski definition) is 7. The molecule has 0 bridgehead atoms. The number of rotatable bonds is 7. The van der Waals surface area contributed by atoms with Gasteiger partial charge in [-0.3, -0.25) is 4.79 Å². The summed E-state index contributed by atoms with van der Waals surface area (Å²) in [6.45, 7) is 4.47. The van der Waals surface area contributed by atoms with Crippen molar-refractivity contribution in [2.24, 2.45) is 0 Å². The number of benzene rings is 2. The van der Waals surface area contributed by atoms with Gasteiger partial charge in [-0.25, -0.2) is 14.1 Å². The molecule has 1 amide bonds. The summed E-state index contributed by atoms with van der Waals surface area (Å²) in [6, 6.07) is 12.8. The SMILES string of the molecule is CCOc1ccc(-c2nc(Cn3nnc(C(=O)Nc4ccc(F)cc4)c3N)c(C)o2)cc1. The number of amides is 1. The van der Waals surface area contributed by atoms with E-state index in [2.05, 4.69) is 20.6 Å². The number of ether oxygens (including phenoxy) is 1. The van der Waals surface area contributed by atoms with Gasteiger partial charge in [-0.05, 0) is 62.4 Å². The van der Waals surface area contributed by atoms with Gasteiger partial charge in [0.25, 0.3) is 5.91 Å². The van der Waals surface area contributed by atoms with Crippen LogP contribution in [-0.2, 0) is 6.54 Å². The van der Waals surface area contributed by atoms with Gasteiger partial charge in [0.05, 0.1) is 13.2 Å². The first-order valence-corrected chi connectivity index (χ1v) is 9.90. The van der Waals surface area contributed by atoms with Crippen LogP contribution in [0.3, 0.4) is 0 Å². The third kappa shape index (κ3) is 4.43. The van der Waals surface area contributed by atoms with Gasteiger partial charge >= 0.3 is 0 Å². The maximum Gasteiger partial charge on any atom is 0.280 e. The molecule has 0 saturated heterocycles. The Morgan fingerprint density at radius 3 is 2.59 bits per heavy atom. The fraction of sp³-hybridized carbons (Fsp3) is 0.182. The summed E-state index contributed by atoms with van der Waals surface area (Å²) in [5.41, 5.74) is 7.87. The first-order valence-electron chi connectivity index (χ1n) is 9.90. The van der Waals surface area contributed by atoms with Crippen LogP contribution in [0.4, 0.5) is 15.9 Å². The average Bonchev–Trinajstić information content (AvgIpc) is 3.33. The Bertz CT molecular complexity index is 1230. The number of nitrogens with two attached hydrogens (primary N) is 1. The van der Waals surface area contributed by atoms with Gasteiger partial charge < -0.3 is 20.2 Å². The Kier molecular flexibility index (Phi) is 5.84. The molecule has 9 nitrogen and oxygen atoms in total. The zero-order valence-corrected chi connectivity index (χ0v) is 17.5. The van der Waals surface area contributed by atoms with E-state index in [1.807, 2.05) is 31.2 Å². The number of anilines is 2. The molecule has 0 aliphatic rings. The fourth-order valence-electron chi connectivity index (χ4n) is 3.02. The van der Waals surface area contributed by atoms with E-state index in [0.717, 1.165) is 11.3 Å². The molecule has 164 valence electrons. The summed E-state index contributed by atoms with van der Waals surface area (Å²) in [4.78, 5) is 17.0. The zero-order valence-electron chi connectivity index (χ0n) is 17.5. The Hall–Kier alpha value is -4.21. The molecular formula is C22H21FN6O3.